The molecule has 5 heteroatoms. The van der Waals surface area contributed by atoms with Gasteiger partial charge in [-0.25, -0.2) is 0 Å². The molecule has 112 valence electrons. The predicted octanol–water partition coefficient (Wildman–Crippen LogP) is 2.88. The second-order valence-electron chi connectivity index (χ2n) is 5.44. The number of piperidine rings is 1. The van der Waals surface area contributed by atoms with E-state index in [4.69, 9.17) is 23.2 Å². The lowest BCUT2D eigenvalue weighted by Gasteiger charge is -2.37. The Labute approximate surface area is 131 Å². The number of halogens is 2. The highest BCUT2D eigenvalue weighted by molar-refractivity contribution is 6.42. The van der Waals surface area contributed by atoms with Gasteiger partial charge in [0.1, 0.15) is 0 Å². The largest absolute Gasteiger partial charge is 0.395 e. The smallest absolute Gasteiger partial charge is 0.0637 e. The van der Waals surface area contributed by atoms with Gasteiger partial charge in [0.15, 0.2) is 0 Å². The summed E-state index contributed by atoms with van der Waals surface area (Å²) in [6.45, 7) is 3.81. The first kappa shape index (κ1) is 16.1. The number of aliphatic hydroxyl groups excluding tert-OH is 1. The van der Waals surface area contributed by atoms with Crippen LogP contribution in [0.1, 0.15) is 18.4 Å². The lowest BCUT2D eigenvalue weighted by molar-refractivity contribution is 0.0941. The Kier molecular flexibility index (Phi) is 6.12. The third-order valence-corrected chi connectivity index (χ3v) is 4.85. The van der Waals surface area contributed by atoms with Crippen molar-refractivity contribution in [3.63, 3.8) is 0 Å². The quantitative estimate of drug-likeness (QED) is 0.905. The van der Waals surface area contributed by atoms with Gasteiger partial charge in [0.2, 0.25) is 0 Å². The Bertz CT molecular complexity index is 434. The van der Waals surface area contributed by atoms with E-state index in [0.717, 1.165) is 38.0 Å². The molecule has 0 unspecified atom stereocenters. The van der Waals surface area contributed by atoms with Crippen molar-refractivity contribution >= 4 is 23.2 Å². The van der Waals surface area contributed by atoms with Gasteiger partial charge in [0.25, 0.3) is 0 Å². The normalized spacial score (nSPS) is 17.9. The molecule has 0 atom stereocenters. The van der Waals surface area contributed by atoms with Crippen LogP contribution in [0.25, 0.3) is 0 Å². The highest BCUT2D eigenvalue weighted by Gasteiger charge is 2.23. The molecule has 1 aliphatic rings. The molecule has 1 heterocycles. The summed E-state index contributed by atoms with van der Waals surface area (Å²) in [5, 5.41) is 10.5. The maximum Gasteiger partial charge on any atom is 0.0637 e. The van der Waals surface area contributed by atoms with Crippen molar-refractivity contribution < 1.29 is 5.11 Å². The zero-order valence-corrected chi connectivity index (χ0v) is 13.4. The number of aliphatic hydroxyl groups is 1. The summed E-state index contributed by atoms with van der Waals surface area (Å²) in [6, 6.07) is 6.25. The van der Waals surface area contributed by atoms with E-state index in [1.807, 2.05) is 12.1 Å². The Morgan fingerprint density at radius 3 is 2.65 bits per heavy atom. The molecule has 0 aromatic heterocycles. The summed E-state index contributed by atoms with van der Waals surface area (Å²) >= 11 is 12.3. The topological polar surface area (TPSA) is 26.7 Å². The molecule has 1 fully saturated rings. The summed E-state index contributed by atoms with van der Waals surface area (Å²) in [4.78, 5) is 4.67. The Morgan fingerprint density at radius 1 is 1.30 bits per heavy atom. The van der Waals surface area contributed by atoms with Crippen LogP contribution >= 0.6 is 23.2 Å². The van der Waals surface area contributed by atoms with Gasteiger partial charge in [-0.2, -0.15) is 0 Å². The molecule has 20 heavy (non-hydrogen) atoms. The summed E-state index contributed by atoms with van der Waals surface area (Å²) in [5.74, 6) is 0. The van der Waals surface area contributed by atoms with E-state index in [2.05, 4.69) is 16.8 Å². The molecule has 1 saturated heterocycles. The number of hydrogen-bond acceptors (Lipinski definition) is 3. The fraction of sp³-hybridized carbons (Fsp3) is 0.600. The lowest BCUT2D eigenvalue weighted by atomic mass is 10.0. The third-order valence-electron chi connectivity index (χ3n) is 4.00. The van der Waals surface area contributed by atoms with Crippen LogP contribution in [0.15, 0.2) is 18.2 Å². The van der Waals surface area contributed by atoms with Crippen molar-refractivity contribution in [2.75, 3.05) is 33.3 Å². The van der Waals surface area contributed by atoms with Gasteiger partial charge < -0.3 is 10.0 Å². The van der Waals surface area contributed by atoms with Crippen molar-refractivity contribution in [1.82, 2.24) is 9.80 Å². The lowest BCUT2D eigenvalue weighted by Crippen LogP contribution is -2.44. The molecule has 3 nitrogen and oxygen atoms in total. The summed E-state index contributed by atoms with van der Waals surface area (Å²) in [6.07, 6.45) is 2.27. The first-order valence-electron chi connectivity index (χ1n) is 7.08. The second kappa shape index (κ2) is 7.62. The van der Waals surface area contributed by atoms with Crippen molar-refractivity contribution in [1.29, 1.82) is 0 Å². The van der Waals surface area contributed by atoms with E-state index in [1.165, 1.54) is 0 Å². The monoisotopic (exact) mass is 316 g/mol. The second-order valence-corrected chi connectivity index (χ2v) is 6.23. The van der Waals surface area contributed by atoms with Crippen LogP contribution in [0.2, 0.25) is 10.0 Å². The Morgan fingerprint density at radius 2 is 2.00 bits per heavy atom. The summed E-state index contributed by atoms with van der Waals surface area (Å²) in [5.41, 5.74) is 1.03. The fourth-order valence-electron chi connectivity index (χ4n) is 2.77. The highest BCUT2D eigenvalue weighted by atomic mass is 35.5. The molecule has 1 aromatic carbocycles. The molecular formula is C15H22Cl2N2O. The minimum Gasteiger partial charge on any atom is -0.395 e. The average molecular weight is 317 g/mol. The highest BCUT2D eigenvalue weighted by Crippen LogP contribution is 2.28. The van der Waals surface area contributed by atoms with Crippen molar-refractivity contribution in [2.45, 2.75) is 25.4 Å². The molecule has 0 radical (unpaired) electrons. The van der Waals surface area contributed by atoms with E-state index in [1.54, 1.807) is 6.07 Å². The van der Waals surface area contributed by atoms with Crippen LogP contribution in [-0.2, 0) is 6.54 Å². The van der Waals surface area contributed by atoms with Crippen LogP contribution in [0.4, 0.5) is 0 Å². The molecule has 1 N–H and O–H groups in total. The zero-order valence-electron chi connectivity index (χ0n) is 11.9. The minimum absolute atomic E-state index is 0.171. The van der Waals surface area contributed by atoms with E-state index >= 15 is 0 Å². The van der Waals surface area contributed by atoms with Gasteiger partial charge in [-0.3, -0.25) is 4.90 Å². The standard InChI is InChI=1S/C15H22Cl2N2O/c1-18-7-5-13(6-8-18)19(9-10-20)11-12-3-2-4-14(16)15(12)17/h2-4,13,20H,5-11H2,1H3. The number of nitrogens with zero attached hydrogens (tertiary/aromatic N) is 2. The van der Waals surface area contributed by atoms with E-state index < -0.39 is 0 Å². The first-order valence-corrected chi connectivity index (χ1v) is 7.83. The van der Waals surface area contributed by atoms with Gasteiger partial charge in [-0.05, 0) is 44.6 Å². The Hall–Kier alpha value is -0.320. The number of likely N-dealkylation sites (tertiary alicyclic amines) is 1. The van der Waals surface area contributed by atoms with Gasteiger partial charge >= 0.3 is 0 Å². The average Bonchev–Trinajstić information content (AvgIpc) is 2.44. The molecule has 0 amide bonds. The first-order chi connectivity index (χ1) is 9.61. The molecule has 0 aliphatic carbocycles. The molecular weight excluding hydrogens is 295 g/mol. The maximum atomic E-state index is 9.31. The van der Waals surface area contributed by atoms with Crippen molar-refractivity contribution in [3.05, 3.63) is 33.8 Å². The number of hydrogen-bond donors (Lipinski definition) is 1. The summed E-state index contributed by atoms with van der Waals surface area (Å²) < 4.78 is 0. The maximum absolute atomic E-state index is 9.31. The minimum atomic E-state index is 0.171. The molecule has 2 rings (SSSR count). The SMILES string of the molecule is CN1CCC(N(CCO)Cc2cccc(Cl)c2Cl)CC1. The van der Waals surface area contributed by atoms with Crippen LogP contribution in [-0.4, -0.2) is 54.2 Å². The molecule has 0 bridgehead atoms. The number of rotatable bonds is 5. The van der Waals surface area contributed by atoms with Crippen LogP contribution < -0.4 is 0 Å². The molecule has 0 spiro atoms. The van der Waals surface area contributed by atoms with Crippen molar-refractivity contribution in [3.8, 4) is 0 Å². The fourth-order valence-corrected chi connectivity index (χ4v) is 3.15. The predicted molar refractivity (Wildman–Crippen MR) is 84.5 cm³/mol. The molecule has 1 aromatic rings. The molecule has 0 saturated carbocycles. The molecule has 1 aliphatic heterocycles. The van der Waals surface area contributed by atoms with E-state index in [-0.39, 0.29) is 6.61 Å². The zero-order chi connectivity index (χ0) is 14.5. The van der Waals surface area contributed by atoms with E-state index in [9.17, 15) is 5.11 Å². The van der Waals surface area contributed by atoms with Crippen LogP contribution in [0, 0.1) is 0 Å². The van der Waals surface area contributed by atoms with Crippen molar-refractivity contribution in [2.24, 2.45) is 0 Å². The van der Waals surface area contributed by atoms with Crippen LogP contribution in [0.5, 0.6) is 0 Å². The third kappa shape index (κ3) is 4.09. The van der Waals surface area contributed by atoms with E-state index in [0.29, 0.717) is 22.6 Å². The summed E-state index contributed by atoms with van der Waals surface area (Å²) in [7, 11) is 2.15. The van der Waals surface area contributed by atoms with Gasteiger partial charge in [0.05, 0.1) is 16.7 Å². The van der Waals surface area contributed by atoms with Gasteiger partial charge in [0, 0.05) is 19.1 Å². The number of benzene rings is 1. The van der Waals surface area contributed by atoms with Gasteiger partial charge in [-0.1, -0.05) is 35.3 Å². The van der Waals surface area contributed by atoms with Crippen LogP contribution in [0.3, 0.4) is 0 Å². The van der Waals surface area contributed by atoms with Gasteiger partial charge in [-0.15, -0.1) is 0 Å². The Balaban J connectivity index is 2.07.